The Morgan fingerprint density at radius 2 is 1.35 bits per heavy atom. The first-order valence-corrected chi connectivity index (χ1v) is 11.1. The molecule has 2 saturated carbocycles. The minimum Gasteiger partial charge on any atom is -0.369 e. The van der Waals surface area contributed by atoms with E-state index in [1.54, 1.807) is 5.57 Å². The van der Waals surface area contributed by atoms with Crippen LogP contribution in [0.5, 0.6) is 0 Å². The van der Waals surface area contributed by atoms with Gasteiger partial charge in [0.25, 0.3) is 0 Å². The Bertz CT molecular complexity index is 628. The number of hydrogen-bond donors (Lipinski definition) is 1. The number of rotatable bonds is 2. The third-order valence-corrected chi connectivity index (χ3v) is 8.48. The largest absolute Gasteiger partial charge is 0.369 e. The summed E-state index contributed by atoms with van der Waals surface area (Å²) in [6.45, 7) is 9.21. The highest BCUT2D eigenvalue weighted by Gasteiger charge is 2.64. The number of allylic oxidation sites excluding steroid dienone is 4. The number of carbonyl (C=O) groups excluding carboxylic acids is 1. The smallest absolute Gasteiger partial charge is 0.224 e. The summed E-state index contributed by atoms with van der Waals surface area (Å²) in [6, 6.07) is 0. The van der Waals surface area contributed by atoms with Gasteiger partial charge in [0.15, 0.2) is 0 Å². The van der Waals surface area contributed by atoms with Crippen LogP contribution in [-0.4, -0.2) is 5.91 Å². The van der Waals surface area contributed by atoms with E-state index in [1.165, 1.54) is 61.7 Å². The first-order chi connectivity index (χ1) is 12.4. The van der Waals surface area contributed by atoms with Gasteiger partial charge in [-0.05, 0) is 63.5 Å². The molecule has 2 N–H and O–H groups in total. The van der Waals surface area contributed by atoms with E-state index < -0.39 is 0 Å². The van der Waals surface area contributed by atoms with Gasteiger partial charge in [0.2, 0.25) is 5.91 Å². The molecule has 0 saturated heterocycles. The third kappa shape index (κ3) is 2.88. The van der Waals surface area contributed by atoms with E-state index in [0.29, 0.717) is 5.92 Å². The molecular weight excluding hydrogens is 318 g/mol. The first kappa shape index (κ1) is 19.7. The Morgan fingerprint density at radius 1 is 0.808 bits per heavy atom. The van der Waals surface area contributed by atoms with E-state index >= 15 is 0 Å². The molecule has 0 heterocycles. The summed E-state index contributed by atoms with van der Waals surface area (Å²) in [6.07, 6.45) is 14.7. The van der Waals surface area contributed by atoms with Crippen LogP contribution in [0.25, 0.3) is 0 Å². The molecule has 0 aromatic heterocycles. The summed E-state index contributed by atoms with van der Waals surface area (Å²) in [5.74, 6) is 0.456. The fourth-order valence-electron chi connectivity index (χ4n) is 6.52. The summed E-state index contributed by atoms with van der Waals surface area (Å²) in [4.78, 5) is 12.9. The minimum atomic E-state index is -0.290. The molecule has 146 valence electrons. The van der Waals surface area contributed by atoms with Gasteiger partial charge < -0.3 is 5.73 Å². The van der Waals surface area contributed by atoms with Crippen LogP contribution in [0.4, 0.5) is 0 Å². The van der Waals surface area contributed by atoms with E-state index in [0.717, 1.165) is 32.1 Å². The molecule has 0 aromatic carbocycles. The Kier molecular flexibility index (Phi) is 5.70. The van der Waals surface area contributed by atoms with E-state index in [-0.39, 0.29) is 16.7 Å². The zero-order valence-electron chi connectivity index (χ0n) is 17.5. The Morgan fingerprint density at radius 3 is 1.77 bits per heavy atom. The zero-order chi connectivity index (χ0) is 18.9. The molecule has 3 rings (SSSR count). The van der Waals surface area contributed by atoms with Crippen molar-refractivity contribution >= 4 is 5.91 Å². The van der Waals surface area contributed by atoms with Gasteiger partial charge in [0, 0.05) is 5.41 Å². The molecule has 3 aliphatic rings. The molecule has 3 atom stereocenters. The lowest BCUT2D eigenvalue weighted by Gasteiger charge is -2.61. The van der Waals surface area contributed by atoms with Crippen LogP contribution >= 0.6 is 0 Å². The summed E-state index contributed by atoms with van der Waals surface area (Å²) in [5.41, 5.74) is 11.9. The molecule has 0 bridgehead atoms. The molecule has 1 amide bonds. The first-order valence-electron chi connectivity index (χ1n) is 11.1. The SMILES string of the molecule is CC1=C(C)C(C)C(C23CCCCCCCCCCC2(C(N)=O)CC3)=C1C. The summed E-state index contributed by atoms with van der Waals surface area (Å²) in [5, 5.41) is 0. The number of primary amides is 1. The van der Waals surface area contributed by atoms with Crippen molar-refractivity contribution in [1.29, 1.82) is 0 Å². The van der Waals surface area contributed by atoms with Crippen molar-refractivity contribution in [3.63, 3.8) is 0 Å². The lowest BCUT2D eigenvalue weighted by atomic mass is 9.42. The van der Waals surface area contributed by atoms with Gasteiger partial charge in [-0.15, -0.1) is 0 Å². The Balaban J connectivity index is 2.02. The van der Waals surface area contributed by atoms with Gasteiger partial charge in [-0.2, -0.15) is 0 Å². The highest BCUT2D eigenvalue weighted by atomic mass is 16.1. The highest BCUT2D eigenvalue weighted by Crippen LogP contribution is 2.69. The molecular formula is C24H39NO. The molecule has 2 fully saturated rings. The number of nitrogens with two attached hydrogens (primary N) is 1. The van der Waals surface area contributed by atoms with E-state index in [9.17, 15) is 4.79 Å². The van der Waals surface area contributed by atoms with Crippen LogP contribution in [0.15, 0.2) is 22.3 Å². The molecule has 0 aliphatic heterocycles. The van der Waals surface area contributed by atoms with Crippen LogP contribution in [0, 0.1) is 16.7 Å². The molecule has 0 radical (unpaired) electrons. The quantitative estimate of drug-likeness (QED) is 0.606. The predicted octanol–water partition coefficient (Wildman–Crippen LogP) is 6.46. The lowest BCUT2D eigenvalue weighted by molar-refractivity contribution is -0.151. The second kappa shape index (κ2) is 7.52. The van der Waals surface area contributed by atoms with Gasteiger partial charge in [0.05, 0.1) is 5.41 Å². The van der Waals surface area contributed by atoms with Crippen molar-refractivity contribution < 1.29 is 4.79 Å². The van der Waals surface area contributed by atoms with Gasteiger partial charge >= 0.3 is 0 Å². The minimum absolute atomic E-state index is 0.0180. The average molecular weight is 358 g/mol. The molecule has 0 aromatic rings. The summed E-state index contributed by atoms with van der Waals surface area (Å²) >= 11 is 0. The number of amides is 1. The number of fused-ring (bicyclic) bond motifs is 1. The van der Waals surface area contributed by atoms with Crippen LogP contribution in [-0.2, 0) is 4.79 Å². The second-order valence-corrected chi connectivity index (χ2v) is 9.43. The van der Waals surface area contributed by atoms with E-state index in [4.69, 9.17) is 5.73 Å². The number of hydrogen-bond acceptors (Lipinski definition) is 1. The van der Waals surface area contributed by atoms with Crippen molar-refractivity contribution in [3.8, 4) is 0 Å². The predicted molar refractivity (Wildman–Crippen MR) is 110 cm³/mol. The molecule has 26 heavy (non-hydrogen) atoms. The molecule has 0 spiro atoms. The van der Waals surface area contributed by atoms with Crippen molar-refractivity contribution in [2.45, 2.75) is 105 Å². The normalized spacial score (nSPS) is 36.8. The summed E-state index contributed by atoms with van der Waals surface area (Å²) in [7, 11) is 0. The topological polar surface area (TPSA) is 43.1 Å². The summed E-state index contributed by atoms with van der Waals surface area (Å²) < 4.78 is 0. The lowest BCUT2D eigenvalue weighted by Crippen LogP contribution is -2.60. The van der Waals surface area contributed by atoms with Crippen LogP contribution in [0.2, 0.25) is 0 Å². The number of carbonyl (C=O) groups is 1. The van der Waals surface area contributed by atoms with Crippen molar-refractivity contribution in [3.05, 3.63) is 22.3 Å². The van der Waals surface area contributed by atoms with Crippen molar-refractivity contribution in [2.24, 2.45) is 22.5 Å². The Labute approximate surface area is 160 Å². The standard InChI is InChI=1S/C24H39NO/c1-17-18(2)20(4)21(19(17)3)23-13-11-9-7-5-6-8-10-12-14-24(23,16-15-23)22(25)26/h19H,5-16H2,1-4H3,(H2,25,26). The molecule has 3 aliphatic carbocycles. The maximum atomic E-state index is 12.9. The molecule has 2 heteroatoms. The van der Waals surface area contributed by atoms with E-state index in [1.807, 2.05) is 0 Å². The van der Waals surface area contributed by atoms with Crippen molar-refractivity contribution in [1.82, 2.24) is 0 Å². The van der Waals surface area contributed by atoms with Crippen LogP contribution in [0.3, 0.4) is 0 Å². The van der Waals surface area contributed by atoms with Gasteiger partial charge in [-0.25, -0.2) is 0 Å². The van der Waals surface area contributed by atoms with Gasteiger partial charge in [-0.3, -0.25) is 4.79 Å². The monoisotopic (exact) mass is 357 g/mol. The van der Waals surface area contributed by atoms with Crippen molar-refractivity contribution in [2.75, 3.05) is 0 Å². The second-order valence-electron chi connectivity index (χ2n) is 9.43. The van der Waals surface area contributed by atoms with Gasteiger partial charge in [-0.1, -0.05) is 69.4 Å². The van der Waals surface area contributed by atoms with E-state index in [2.05, 4.69) is 27.7 Å². The molecule has 2 nitrogen and oxygen atoms in total. The van der Waals surface area contributed by atoms with Gasteiger partial charge in [0.1, 0.15) is 0 Å². The maximum absolute atomic E-state index is 12.9. The van der Waals surface area contributed by atoms with Crippen LogP contribution < -0.4 is 5.73 Å². The third-order valence-electron chi connectivity index (χ3n) is 8.48. The zero-order valence-corrected chi connectivity index (χ0v) is 17.5. The average Bonchev–Trinajstić information content (AvgIpc) is 2.78. The highest BCUT2D eigenvalue weighted by molar-refractivity contribution is 5.84. The van der Waals surface area contributed by atoms with Crippen LogP contribution in [0.1, 0.15) is 105 Å². The molecule has 3 unspecified atom stereocenters. The fourth-order valence-corrected chi connectivity index (χ4v) is 6.52. The fraction of sp³-hybridized carbons (Fsp3) is 0.792. The maximum Gasteiger partial charge on any atom is 0.224 e. The Hall–Kier alpha value is -1.05.